The summed E-state index contributed by atoms with van der Waals surface area (Å²) >= 11 is 2.19. The van der Waals surface area contributed by atoms with Gasteiger partial charge in [0.15, 0.2) is 0 Å². The van der Waals surface area contributed by atoms with Gasteiger partial charge in [-0.2, -0.15) is 0 Å². The lowest BCUT2D eigenvalue weighted by Gasteiger charge is -2.12. The van der Waals surface area contributed by atoms with Gasteiger partial charge in [-0.15, -0.1) is 0 Å². The van der Waals surface area contributed by atoms with E-state index in [4.69, 9.17) is 4.98 Å². The number of nitrogens with zero attached hydrogens (tertiary/aromatic N) is 2. The van der Waals surface area contributed by atoms with Crippen LogP contribution in [-0.4, -0.2) is 15.5 Å². The van der Waals surface area contributed by atoms with Crippen LogP contribution in [0.2, 0.25) is 0 Å². The first kappa shape index (κ1) is 18.7. The third kappa shape index (κ3) is 3.13. The summed E-state index contributed by atoms with van der Waals surface area (Å²) in [6, 6.07) is 20.8. The molecule has 0 aliphatic carbocycles. The van der Waals surface area contributed by atoms with E-state index < -0.39 is 0 Å². The maximum atomic E-state index is 13.4. The van der Waals surface area contributed by atoms with Gasteiger partial charge >= 0.3 is 0 Å². The summed E-state index contributed by atoms with van der Waals surface area (Å²) in [5, 5.41) is 3.43. The fourth-order valence-electron chi connectivity index (χ4n) is 3.67. The molecule has 4 aromatic rings. The molecule has 0 atom stereocenters. The lowest BCUT2D eigenvalue weighted by Crippen LogP contribution is -2.22. The van der Waals surface area contributed by atoms with Crippen LogP contribution >= 0.6 is 22.6 Å². The average Bonchev–Trinajstić information content (AvgIpc) is 3.04. The Kier molecular flexibility index (Phi) is 4.51. The number of carbonyl (C=O) groups is 1. The molecule has 0 saturated carbocycles. The third-order valence-corrected chi connectivity index (χ3v) is 5.77. The summed E-state index contributed by atoms with van der Waals surface area (Å²) in [6.45, 7) is 1.98. The summed E-state index contributed by atoms with van der Waals surface area (Å²) in [7, 11) is 0. The number of aryl methyl sites for hydroxylation is 1. The largest absolute Gasteiger partial charge is 0.321 e. The Morgan fingerprint density at radius 3 is 2.60 bits per heavy atom. The summed E-state index contributed by atoms with van der Waals surface area (Å²) in [5.74, 6) is 0.214. The van der Waals surface area contributed by atoms with Crippen molar-refractivity contribution < 1.29 is 4.79 Å². The van der Waals surface area contributed by atoms with Crippen LogP contribution in [-0.2, 0) is 4.79 Å². The topological polar surface area (TPSA) is 64.0 Å². The number of benzene rings is 3. The number of amides is 1. The van der Waals surface area contributed by atoms with E-state index in [0.29, 0.717) is 28.0 Å². The molecule has 1 aromatic heterocycles. The van der Waals surface area contributed by atoms with Crippen molar-refractivity contribution in [2.45, 2.75) is 6.92 Å². The Morgan fingerprint density at radius 1 is 1.00 bits per heavy atom. The van der Waals surface area contributed by atoms with Gasteiger partial charge in [0.25, 0.3) is 11.5 Å². The maximum Gasteiger partial charge on any atom is 0.266 e. The highest BCUT2D eigenvalue weighted by Crippen LogP contribution is 2.33. The first-order chi connectivity index (χ1) is 14.5. The predicted molar refractivity (Wildman–Crippen MR) is 128 cm³/mol. The summed E-state index contributed by atoms with van der Waals surface area (Å²) < 4.78 is 2.52. The van der Waals surface area contributed by atoms with Crippen LogP contribution in [0.1, 0.15) is 17.0 Å². The molecular weight excluding hydrogens is 489 g/mol. The first-order valence-electron chi connectivity index (χ1n) is 9.43. The average molecular weight is 505 g/mol. The number of anilines is 1. The molecule has 5 rings (SSSR count). The van der Waals surface area contributed by atoms with E-state index in [1.807, 2.05) is 73.7 Å². The molecule has 2 heterocycles. The quantitative estimate of drug-likeness (QED) is 0.315. The van der Waals surface area contributed by atoms with Gasteiger partial charge < -0.3 is 5.32 Å². The molecular formula is C24H16IN3O2. The van der Waals surface area contributed by atoms with Crippen molar-refractivity contribution >= 4 is 56.7 Å². The summed E-state index contributed by atoms with van der Waals surface area (Å²) in [5.41, 5.74) is 4.26. The molecule has 30 heavy (non-hydrogen) atoms. The normalized spacial score (nSPS) is 14.2. The number of nitrogens with one attached hydrogen (secondary N) is 1. The summed E-state index contributed by atoms with van der Waals surface area (Å²) in [4.78, 5) is 30.9. The molecule has 0 radical (unpaired) electrons. The number of hydrogen-bond acceptors (Lipinski definition) is 3. The van der Waals surface area contributed by atoms with Crippen molar-refractivity contribution in [3.05, 3.63) is 97.6 Å². The van der Waals surface area contributed by atoms with Gasteiger partial charge in [-0.1, -0.05) is 29.8 Å². The standard InChI is InChI=1S/C24H16IN3O2/c1-14-7-9-20-17(11-14)18(23(29)27-20)13-22-26-21-10-8-15(25)12-19(21)24(30)28(22)16-5-3-2-4-6-16/h2-13H,1H3,(H,27,29). The zero-order valence-corrected chi connectivity index (χ0v) is 18.2. The molecule has 0 unspecified atom stereocenters. The number of hydrogen-bond donors (Lipinski definition) is 1. The second-order valence-electron chi connectivity index (χ2n) is 7.17. The Morgan fingerprint density at radius 2 is 1.80 bits per heavy atom. The van der Waals surface area contributed by atoms with Crippen molar-refractivity contribution in [3.8, 4) is 5.69 Å². The van der Waals surface area contributed by atoms with Crippen LogP contribution < -0.4 is 10.9 Å². The molecule has 0 bridgehead atoms. The van der Waals surface area contributed by atoms with E-state index in [-0.39, 0.29) is 11.5 Å². The molecule has 3 aromatic carbocycles. The Bertz CT molecular complexity index is 1420. The van der Waals surface area contributed by atoms with Crippen molar-refractivity contribution in [1.29, 1.82) is 0 Å². The predicted octanol–water partition coefficient (Wildman–Crippen LogP) is 4.79. The molecule has 5 nitrogen and oxygen atoms in total. The van der Waals surface area contributed by atoms with Gasteiger partial charge in [-0.3, -0.25) is 14.2 Å². The van der Waals surface area contributed by atoms with Crippen LogP contribution in [0.15, 0.2) is 71.5 Å². The Balaban J connectivity index is 1.83. The van der Waals surface area contributed by atoms with Crippen molar-refractivity contribution in [1.82, 2.24) is 9.55 Å². The fraction of sp³-hybridized carbons (Fsp3) is 0.0417. The number of fused-ring (bicyclic) bond motifs is 2. The number of halogens is 1. The minimum atomic E-state index is -0.202. The second-order valence-corrected chi connectivity index (χ2v) is 8.41. The molecule has 0 fully saturated rings. The maximum absolute atomic E-state index is 13.4. The second kappa shape index (κ2) is 7.21. The van der Waals surface area contributed by atoms with E-state index in [2.05, 4.69) is 27.9 Å². The van der Waals surface area contributed by atoms with Gasteiger partial charge in [0, 0.05) is 14.8 Å². The lowest BCUT2D eigenvalue weighted by molar-refractivity contribution is -0.110. The van der Waals surface area contributed by atoms with Crippen molar-refractivity contribution in [2.75, 3.05) is 5.32 Å². The van der Waals surface area contributed by atoms with Crippen LogP contribution in [0.3, 0.4) is 0 Å². The van der Waals surface area contributed by atoms with Gasteiger partial charge in [0.05, 0.1) is 22.2 Å². The summed E-state index contributed by atoms with van der Waals surface area (Å²) in [6.07, 6.45) is 1.70. The lowest BCUT2D eigenvalue weighted by atomic mass is 10.0. The zero-order chi connectivity index (χ0) is 20.8. The molecule has 1 aliphatic heterocycles. The van der Waals surface area contributed by atoms with Gasteiger partial charge in [0.1, 0.15) is 5.82 Å². The number of aromatic nitrogens is 2. The highest BCUT2D eigenvalue weighted by molar-refractivity contribution is 14.1. The minimum absolute atomic E-state index is 0.167. The fourth-order valence-corrected chi connectivity index (χ4v) is 4.16. The smallest absolute Gasteiger partial charge is 0.266 e. The molecule has 146 valence electrons. The van der Waals surface area contributed by atoms with E-state index >= 15 is 0 Å². The van der Waals surface area contributed by atoms with Gasteiger partial charge in [-0.25, -0.2) is 4.98 Å². The highest BCUT2D eigenvalue weighted by Gasteiger charge is 2.25. The highest BCUT2D eigenvalue weighted by atomic mass is 127. The Hall–Kier alpha value is -3.26. The Labute approximate surface area is 186 Å². The van der Waals surface area contributed by atoms with Gasteiger partial charge in [-0.05, 0) is 78.1 Å². The van der Waals surface area contributed by atoms with Crippen LogP contribution in [0.5, 0.6) is 0 Å². The monoisotopic (exact) mass is 505 g/mol. The van der Waals surface area contributed by atoms with Crippen molar-refractivity contribution in [3.63, 3.8) is 0 Å². The van der Waals surface area contributed by atoms with Crippen molar-refractivity contribution in [2.24, 2.45) is 0 Å². The van der Waals surface area contributed by atoms with Crippen LogP contribution in [0.25, 0.3) is 28.2 Å². The third-order valence-electron chi connectivity index (χ3n) is 5.10. The number of para-hydroxylation sites is 1. The van der Waals surface area contributed by atoms with Crippen LogP contribution in [0, 0.1) is 10.5 Å². The van der Waals surface area contributed by atoms with Gasteiger partial charge in [0.2, 0.25) is 0 Å². The van der Waals surface area contributed by atoms with E-state index in [9.17, 15) is 9.59 Å². The molecule has 1 aliphatic rings. The molecule has 0 spiro atoms. The molecule has 0 saturated heterocycles. The molecule has 1 N–H and O–H groups in total. The van der Waals surface area contributed by atoms with E-state index in [1.54, 1.807) is 10.6 Å². The van der Waals surface area contributed by atoms with Crippen LogP contribution in [0.4, 0.5) is 5.69 Å². The minimum Gasteiger partial charge on any atom is -0.321 e. The molecule has 6 heteroatoms. The molecule has 1 amide bonds. The first-order valence-corrected chi connectivity index (χ1v) is 10.5. The van der Waals surface area contributed by atoms with E-state index in [1.165, 1.54) is 0 Å². The zero-order valence-electron chi connectivity index (χ0n) is 16.0. The number of carbonyl (C=O) groups excluding carboxylic acids is 1. The SMILES string of the molecule is Cc1ccc2c(c1)C(=Cc1nc3ccc(I)cc3c(=O)n1-c1ccccc1)C(=O)N2. The number of rotatable bonds is 2. The van der Waals surface area contributed by atoms with E-state index in [0.717, 1.165) is 20.4 Å².